The van der Waals surface area contributed by atoms with Crippen LogP contribution in [0.3, 0.4) is 0 Å². The first-order chi connectivity index (χ1) is 25.2. The molecule has 0 saturated carbocycles. The summed E-state index contributed by atoms with van der Waals surface area (Å²) < 4.78 is 33.0. The minimum atomic E-state index is -1.30. The van der Waals surface area contributed by atoms with E-state index in [2.05, 4.69) is 11.4 Å². The fraction of sp³-hybridized carbons (Fsp3) is 0.216. The Balaban J connectivity index is 1.16. The fourth-order valence-electron chi connectivity index (χ4n) is 4.77. The number of carbonyl (C=O) groups excluding carboxylic acids is 2. The standard InChI is InChI=1S/C37H33N3O10S2/c1-45-13-14-46-15-16-47-23-34(41)39-31-11-7-26(20-30(31)36(43)44)40-35(42)33(52-37(40)51)21-29-10-12-32(50-29)25-5-8-27(9-6-25)48-17-18-49-28-4-2-3-24(19-28)22-38/h2-12,19-21H,13-18,23H2,1H3,(H,39,41)(H,43,44). The number of hydrogen-bond donors (Lipinski definition) is 2. The zero-order valence-corrected chi connectivity index (χ0v) is 29.5. The molecule has 2 N–H and O–H groups in total. The van der Waals surface area contributed by atoms with Crippen molar-refractivity contribution < 1.29 is 47.6 Å². The Hall–Kier alpha value is -5.50. The van der Waals surface area contributed by atoms with Crippen molar-refractivity contribution in [2.45, 2.75) is 0 Å². The molecule has 1 aliphatic rings. The molecule has 1 fully saturated rings. The second kappa shape index (κ2) is 18.7. The number of furan rings is 1. The SMILES string of the molecule is COCCOCCOCC(=O)Nc1ccc(N2C(=O)C(=Cc3ccc(-c4ccc(OCCOc5cccc(C#N)c5)cc4)o3)SC2=S)cc1C(=O)O. The van der Waals surface area contributed by atoms with Gasteiger partial charge in [-0.05, 0) is 72.8 Å². The third kappa shape index (κ3) is 10.3. The van der Waals surface area contributed by atoms with Gasteiger partial charge in [-0.2, -0.15) is 5.26 Å². The molecule has 0 atom stereocenters. The van der Waals surface area contributed by atoms with Gasteiger partial charge in [0.2, 0.25) is 5.91 Å². The van der Waals surface area contributed by atoms with Crippen molar-refractivity contribution in [1.82, 2.24) is 0 Å². The van der Waals surface area contributed by atoms with E-state index in [1.54, 1.807) is 61.7 Å². The van der Waals surface area contributed by atoms with E-state index in [9.17, 15) is 19.5 Å². The van der Waals surface area contributed by atoms with E-state index in [0.717, 1.165) is 17.3 Å². The van der Waals surface area contributed by atoms with Crippen LogP contribution >= 0.6 is 24.0 Å². The quantitative estimate of drug-likeness (QED) is 0.0692. The summed E-state index contributed by atoms with van der Waals surface area (Å²) in [6, 6.07) is 23.9. The molecule has 3 aromatic carbocycles. The van der Waals surface area contributed by atoms with Crippen LogP contribution in [0, 0.1) is 11.3 Å². The molecule has 1 saturated heterocycles. The van der Waals surface area contributed by atoms with Crippen LogP contribution in [0.5, 0.6) is 11.5 Å². The third-order valence-electron chi connectivity index (χ3n) is 7.22. The van der Waals surface area contributed by atoms with Crippen LogP contribution in [0.4, 0.5) is 11.4 Å². The van der Waals surface area contributed by atoms with Gasteiger partial charge in [0.25, 0.3) is 5.91 Å². The first kappa shape index (κ1) is 37.7. The number of carboxylic acids is 1. The number of nitrogens with zero attached hydrogens (tertiary/aromatic N) is 2. The Bertz CT molecular complexity index is 1990. The number of thiocarbonyl (C=S) groups is 1. The van der Waals surface area contributed by atoms with Crippen molar-refractivity contribution in [1.29, 1.82) is 5.26 Å². The number of carbonyl (C=O) groups is 3. The lowest BCUT2D eigenvalue weighted by Crippen LogP contribution is -2.28. The number of rotatable bonds is 18. The minimum absolute atomic E-state index is 0.0397. The van der Waals surface area contributed by atoms with Crippen molar-refractivity contribution >= 4 is 63.5 Å². The van der Waals surface area contributed by atoms with E-state index < -0.39 is 17.8 Å². The Kier molecular flexibility index (Phi) is 13.5. The number of amides is 2. The van der Waals surface area contributed by atoms with Crippen LogP contribution in [0.2, 0.25) is 0 Å². The number of hydrogen-bond acceptors (Lipinski definition) is 12. The molecule has 13 nitrogen and oxygen atoms in total. The van der Waals surface area contributed by atoms with Gasteiger partial charge in [-0.25, -0.2) is 4.79 Å². The average Bonchev–Trinajstić information content (AvgIpc) is 3.73. The van der Waals surface area contributed by atoms with Gasteiger partial charge in [-0.3, -0.25) is 14.5 Å². The molecule has 52 heavy (non-hydrogen) atoms. The number of nitrogens with one attached hydrogen (secondary N) is 1. The summed E-state index contributed by atoms with van der Waals surface area (Å²) in [6.45, 7) is 1.59. The summed E-state index contributed by atoms with van der Waals surface area (Å²) in [7, 11) is 1.56. The Morgan fingerprint density at radius 3 is 2.44 bits per heavy atom. The highest BCUT2D eigenvalue weighted by molar-refractivity contribution is 8.27. The lowest BCUT2D eigenvalue weighted by molar-refractivity contribution is -0.121. The number of ether oxygens (including phenoxy) is 5. The molecular weight excluding hydrogens is 711 g/mol. The van der Waals surface area contributed by atoms with Crippen LogP contribution in [-0.2, 0) is 23.8 Å². The maximum absolute atomic E-state index is 13.4. The monoisotopic (exact) mass is 743 g/mol. The molecule has 5 rings (SSSR count). The molecule has 4 aromatic rings. The lowest BCUT2D eigenvalue weighted by atomic mass is 10.1. The first-order valence-corrected chi connectivity index (χ1v) is 17.0. The van der Waals surface area contributed by atoms with E-state index >= 15 is 0 Å². The number of nitriles is 1. The largest absolute Gasteiger partial charge is 0.490 e. The van der Waals surface area contributed by atoms with Gasteiger partial charge in [0.05, 0.1) is 59.9 Å². The summed E-state index contributed by atoms with van der Waals surface area (Å²) in [4.78, 5) is 39.4. The average molecular weight is 744 g/mol. The van der Waals surface area contributed by atoms with Gasteiger partial charge in [0.1, 0.15) is 42.8 Å². The lowest BCUT2D eigenvalue weighted by Gasteiger charge is -2.17. The molecule has 0 aliphatic carbocycles. The summed E-state index contributed by atoms with van der Waals surface area (Å²) in [5, 5.41) is 21.4. The van der Waals surface area contributed by atoms with Crippen molar-refractivity contribution in [3.05, 3.63) is 101 Å². The number of benzene rings is 3. The highest BCUT2D eigenvalue weighted by Gasteiger charge is 2.34. The third-order valence-corrected chi connectivity index (χ3v) is 8.52. The van der Waals surface area contributed by atoms with E-state index in [1.807, 2.05) is 12.1 Å². The molecule has 0 radical (unpaired) electrons. The predicted octanol–water partition coefficient (Wildman–Crippen LogP) is 6.00. The van der Waals surface area contributed by atoms with Crippen molar-refractivity contribution in [2.24, 2.45) is 0 Å². The topological polar surface area (TPSA) is 170 Å². The van der Waals surface area contributed by atoms with Crippen molar-refractivity contribution in [2.75, 3.05) is 63.6 Å². The number of methoxy groups -OCH3 is 1. The molecule has 2 heterocycles. The minimum Gasteiger partial charge on any atom is -0.490 e. The van der Waals surface area contributed by atoms with Crippen molar-refractivity contribution in [3.63, 3.8) is 0 Å². The highest BCUT2D eigenvalue weighted by Crippen LogP contribution is 2.38. The summed E-state index contributed by atoms with van der Waals surface area (Å²) in [5.74, 6) is -0.0899. The van der Waals surface area contributed by atoms with Gasteiger partial charge < -0.3 is 38.5 Å². The maximum atomic E-state index is 13.4. The van der Waals surface area contributed by atoms with Gasteiger partial charge in [0.15, 0.2) is 4.32 Å². The summed E-state index contributed by atoms with van der Waals surface area (Å²) in [5.41, 5.74) is 1.35. The van der Waals surface area contributed by atoms with Gasteiger partial charge >= 0.3 is 5.97 Å². The van der Waals surface area contributed by atoms with Crippen LogP contribution in [0.25, 0.3) is 17.4 Å². The summed E-state index contributed by atoms with van der Waals surface area (Å²) >= 11 is 6.53. The number of anilines is 2. The highest BCUT2D eigenvalue weighted by atomic mass is 32.2. The number of thioether (sulfide) groups is 1. The molecule has 0 unspecified atom stereocenters. The second-order valence-electron chi connectivity index (χ2n) is 10.8. The van der Waals surface area contributed by atoms with E-state index in [4.69, 9.17) is 45.6 Å². The Morgan fingerprint density at radius 1 is 0.942 bits per heavy atom. The zero-order chi connectivity index (χ0) is 36.9. The van der Waals surface area contributed by atoms with Gasteiger partial charge in [-0.1, -0.05) is 30.0 Å². The van der Waals surface area contributed by atoms with Gasteiger partial charge in [0, 0.05) is 18.7 Å². The van der Waals surface area contributed by atoms with E-state index in [1.165, 1.54) is 23.1 Å². The normalized spacial score (nSPS) is 13.3. The second-order valence-corrected chi connectivity index (χ2v) is 12.5. The van der Waals surface area contributed by atoms with Crippen LogP contribution in [0.1, 0.15) is 21.7 Å². The Morgan fingerprint density at radius 2 is 1.69 bits per heavy atom. The molecular formula is C37H33N3O10S2. The van der Waals surface area contributed by atoms with Gasteiger partial charge in [-0.15, -0.1) is 0 Å². The number of carboxylic acid groups (broad SMARTS) is 1. The molecule has 1 aromatic heterocycles. The van der Waals surface area contributed by atoms with Crippen LogP contribution in [-0.4, -0.2) is 80.6 Å². The molecule has 2 amide bonds. The summed E-state index contributed by atoms with van der Waals surface area (Å²) in [6.07, 6.45) is 1.57. The molecule has 0 bridgehead atoms. The van der Waals surface area contributed by atoms with E-state index in [-0.39, 0.29) is 46.0 Å². The molecule has 0 spiro atoms. The fourth-order valence-corrected chi connectivity index (χ4v) is 6.04. The van der Waals surface area contributed by atoms with Crippen LogP contribution in [0.15, 0.2) is 88.2 Å². The van der Waals surface area contributed by atoms with Crippen molar-refractivity contribution in [3.8, 4) is 28.9 Å². The van der Waals surface area contributed by atoms with E-state index in [0.29, 0.717) is 55.0 Å². The first-order valence-electron chi connectivity index (χ1n) is 15.8. The smallest absolute Gasteiger partial charge is 0.337 e. The molecule has 15 heteroatoms. The maximum Gasteiger partial charge on any atom is 0.337 e. The molecule has 268 valence electrons. The van der Waals surface area contributed by atoms with Crippen LogP contribution < -0.4 is 19.7 Å². The predicted molar refractivity (Wildman–Crippen MR) is 197 cm³/mol. The molecule has 1 aliphatic heterocycles. The number of aromatic carboxylic acids is 1. The zero-order valence-electron chi connectivity index (χ0n) is 27.9. The Labute approximate surface area is 308 Å².